The average molecular weight is 435 g/mol. The van der Waals surface area contributed by atoms with Crippen LogP contribution in [-0.4, -0.2) is 36.3 Å². The maximum Gasteiger partial charge on any atom is 0.413 e. The summed E-state index contributed by atoms with van der Waals surface area (Å²) in [6.07, 6.45) is -0.689. The zero-order valence-electron chi connectivity index (χ0n) is 17.0. The summed E-state index contributed by atoms with van der Waals surface area (Å²) >= 11 is 0. The third kappa shape index (κ3) is 3.49. The number of carbonyl (C=O) groups is 2. The molecule has 5 rings (SSSR count). The number of benzene rings is 3. The van der Waals surface area contributed by atoms with Gasteiger partial charge in [-0.2, -0.15) is 0 Å². The van der Waals surface area contributed by atoms with Crippen LogP contribution in [0.1, 0.15) is 22.6 Å². The Morgan fingerprint density at radius 2 is 1.62 bits per heavy atom. The lowest BCUT2D eigenvalue weighted by atomic mass is 9.98. The molecule has 1 heterocycles. The van der Waals surface area contributed by atoms with E-state index in [1.165, 1.54) is 11.0 Å². The van der Waals surface area contributed by atoms with E-state index in [2.05, 4.69) is 0 Å². The molecule has 1 aliphatic heterocycles. The van der Waals surface area contributed by atoms with Crippen LogP contribution in [0.15, 0.2) is 66.7 Å². The number of amides is 1. The number of esters is 1. The minimum Gasteiger partial charge on any atom is -0.448 e. The summed E-state index contributed by atoms with van der Waals surface area (Å²) in [7, 11) is 0. The number of hydrogen-bond donors (Lipinski definition) is 0. The summed E-state index contributed by atoms with van der Waals surface area (Å²) in [6, 6.07) is 18.4. The number of nitrogens with zero attached hydrogens (tertiary/aromatic N) is 1. The second-order valence-corrected chi connectivity index (χ2v) is 7.83. The van der Waals surface area contributed by atoms with Crippen molar-refractivity contribution >= 4 is 12.1 Å². The molecule has 5 nitrogen and oxygen atoms in total. The Morgan fingerprint density at radius 3 is 2.28 bits per heavy atom. The van der Waals surface area contributed by atoms with Crippen molar-refractivity contribution in [2.45, 2.75) is 18.4 Å². The van der Waals surface area contributed by atoms with E-state index in [0.29, 0.717) is 5.56 Å². The van der Waals surface area contributed by atoms with Crippen molar-refractivity contribution in [3.8, 4) is 11.1 Å². The summed E-state index contributed by atoms with van der Waals surface area (Å²) < 4.78 is 37.4. The lowest BCUT2D eigenvalue weighted by Gasteiger charge is -2.21. The van der Waals surface area contributed by atoms with Crippen LogP contribution in [0.2, 0.25) is 0 Å². The summed E-state index contributed by atoms with van der Waals surface area (Å²) in [5.41, 5.74) is 4.76. The largest absolute Gasteiger partial charge is 0.448 e. The van der Waals surface area contributed by atoms with Crippen LogP contribution in [0.5, 0.6) is 0 Å². The van der Waals surface area contributed by atoms with Crippen molar-refractivity contribution in [1.82, 2.24) is 4.90 Å². The first-order valence-corrected chi connectivity index (χ1v) is 10.2. The first-order valence-electron chi connectivity index (χ1n) is 10.2. The highest BCUT2D eigenvalue weighted by atomic mass is 19.2. The molecule has 0 spiro atoms. The van der Waals surface area contributed by atoms with Crippen LogP contribution in [0.25, 0.3) is 11.1 Å². The molecule has 162 valence electrons. The van der Waals surface area contributed by atoms with E-state index < -0.39 is 29.7 Å². The molecule has 0 bridgehead atoms. The van der Waals surface area contributed by atoms with Gasteiger partial charge in [0.05, 0.1) is 0 Å². The van der Waals surface area contributed by atoms with Crippen LogP contribution in [0.3, 0.4) is 0 Å². The van der Waals surface area contributed by atoms with E-state index in [4.69, 9.17) is 9.47 Å². The SMILES string of the molecule is O=C1OCN(C(=O)OCC2c3ccccc3-c3ccccc32)[C@H]1Cc1ccc(F)c(F)c1. The highest BCUT2D eigenvalue weighted by molar-refractivity contribution is 5.84. The van der Waals surface area contributed by atoms with Gasteiger partial charge in [0.25, 0.3) is 0 Å². The molecule has 0 unspecified atom stereocenters. The summed E-state index contributed by atoms with van der Waals surface area (Å²) in [5.74, 6) is -2.71. The van der Waals surface area contributed by atoms with Crippen LogP contribution < -0.4 is 0 Å². The molecule has 0 N–H and O–H groups in total. The fourth-order valence-corrected chi connectivity index (χ4v) is 4.39. The number of rotatable bonds is 4. The molecule has 32 heavy (non-hydrogen) atoms. The number of carbonyl (C=O) groups excluding carboxylic acids is 2. The quantitative estimate of drug-likeness (QED) is 0.561. The van der Waals surface area contributed by atoms with Gasteiger partial charge in [-0.15, -0.1) is 0 Å². The smallest absolute Gasteiger partial charge is 0.413 e. The molecule has 1 amide bonds. The van der Waals surface area contributed by atoms with Crippen LogP contribution in [0, 0.1) is 11.6 Å². The van der Waals surface area contributed by atoms with Gasteiger partial charge in [0, 0.05) is 12.3 Å². The molecular weight excluding hydrogens is 416 g/mol. The van der Waals surface area contributed by atoms with Gasteiger partial charge in [0.1, 0.15) is 12.6 Å². The molecular formula is C25H19F2NO4. The zero-order valence-corrected chi connectivity index (χ0v) is 17.0. The Morgan fingerprint density at radius 1 is 0.969 bits per heavy atom. The second-order valence-electron chi connectivity index (χ2n) is 7.83. The van der Waals surface area contributed by atoms with Crippen LogP contribution in [0.4, 0.5) is 13.6 Å². The van der Waals surface area contributed by atoms with Gasteiger partial charge in [-0.05, 0) is 39.9 Å². The van der Waals surface area contributed by atoms with Gasteiger partial charge >= 0.3 is 12.1 Å². The summed E-state index contributed by atoms with van der Waals surface area (Å²) in [6.45, 7) is -0.140. The van der Waals surface area contributed by atoms with Crippen molar-refractivity contribution in [2.75, 3.05) is 13.3 Å². The van der Waals surface area contributed by atoms with Gasteiger partial charge in [-0.3, -0.25) is 4.90 Å². The molecule has 1 saturated heterocycles. The van der Waals surface area contributed by atoms with Gasteiger partial charge in [-0.1, -0.05) is 54.6 Å². The predicted molar refractivity (Wildman–Crippen MR) is 112 cm³/mol. The normalized spacial score (nSPS) is 17.1. The summed E-state index contributed by atoms with van der Waals surface area (Å²) in [5, 5.41) is 0. The van der Waals surface area contributed by atoms with E-state index in [0.717, 1.165) is 34.4 Å². The lowest BCUT2D eigenvalue weighted by molar-refractivity contribution is -0.139. The minimum atomic E-state index is -1.01. The third-order valence-corrected chi connectivity index (χ3v) is 5.98. The van der Waals surface area contributed by atoms with Gasteiger partial charge in [0.15, 0.2) is 18.4 Å². The highest BCUT2D eigenvalue weighted by Crippen LogP contribution is 2.44. The topological polar surface area (TPSA) is 55.8 Å². The Kier molecular flexibility index (Phi) is 5.09. The standard InChI is InChI=1S/C25H19F2NO4/c26-21-10-9-15(11-22(21)27)12-23-24(29)32-14-28(23)25(30)31-13-20-18-7-3-1-5-16(18)17-6-2-4-8-19(17)20/h1-11,20,23H,12-14H2/t23-/m0/s1. The van der Waals surface area contributed by atoms with E-state index >= 15 is 0 Å². The molecule has 1 fully saturated rings. The number of ether oxygens (including phenoxy) is 2. The summed E-state index contributed by atoms with van der Waals surface area (Å²) in [4.78, 5) is 26.2. The molecule has 3 aromatic carbocycles. The molecule has 0 saturated carbocycles. The Labute approximate surface area is 183 Å². The van der Waals surface area contributed by atoms with Crippen LogP contribution in [-0.2, 0) is 20.7 Å². The molecule has 1 atom stereocenters. The Hall–Kier alpha value is -3.74. The van der Waals surface area contributed by atoms with E-state index in [1.807, 2.05) is 48.5 Å². The molecule has 0 aromatic heterocycles. The number of halogens is 2. The fourth-order valence-electron chi connectivity index (χ4n) is 4.39. The van der Waals surface area contributed by atoms with Crippen LogP contribution >= 0.6 is 0 Å². The molecule has 2 aliphatic rings. The Bertz CT molecular complexity index is 1170. The average Bonchev–Trinajstić information content (AvgIpc) is 3.32. The number of cyclic esters (lactones) is 1. The first kappa shape index (κ1) is 20.2. The maximum atomic E-state index is 13.5. The lowest BCUT2D eigenvalue weighted by Crippen LogP contribution is -2.40. The third-order valence-electron chi connectivity index (χ3n) is 5.98. The predicted octanol–water partition coefficient (Wildman–Crippen LogP) is 4.64. The minimum absolute atomic E-state index is 0.000227. The highest BCUT2D eigenvalue weighted by Gasteiger charge is 2.39. The Balaban J connectivity index is 1.31. The van der Waals surface area contributed by atoms with Gasteiger partial charge < -0.3 is 9.47 Å². The number of fused-ring (bicyclic) bond motifs is 3. The monoisotopic (exact) mass is 435 g/mol. The van der Waals surface area contributed by atoms with E-state index in [-0.39, 0.29) is 25.7 Å². The molecule has 3 aromatic rings. The second kappa shape index (κ2) is 8.07. The zero-order chi connectivity index (χ0) is 22.2. The fraction of sp³-hybridized carbons (Fsp3) is 0.200. The maximum absolute atomic E-state index is 13.5. The van der Waals surface area contributed by atoms with E-state index in [1.54, 1.807) is 0 Å². The number of hydrogen-bond acceptors (Lipinski definition) is 4. The molecule has 7 heteroatoms. The molecule has 0 radical (unpaired) electrons. The molecule has 1 aliphatic carbocycles. The van der Waals surface area contributed by atoms with Crippen molar-refractivity contribution in [3.05, 3.63) is 95.1 Å². The van der Waals surface area contributed by atoms with Gasteiger partial charge in [0.2, 0.25) is 0 Å². The van der Waals surface area contributed by atoms with Crippen molar-refractivity contribution < 1.29 is 27.8 Å². The van der Waals surface area contributed by atoms with Crippen molar-refractivity contribution in [3.63, 3.8) is 0 Å². The van der Waals surface area contributed by atoms with Crippen molar-refractivity contribution in [1.29, 1.82) is 0 Å². The van der Waals surface area contributed by atoms with Gasteiger partial charge in [-0.25, -0.2) is 18.4 Å². The first-order chi connectivity index (χ1) is 15.5. The van der Waals surface area contributed by atoms with E-state index in [9.17, 15) is 18.4 Å². The van der Waals surface area contributed by atoms with Crippen molar-refractivity contribution in [2.24, 2.45) is 0 Å².